The average Bonchev–Trinajstić information content (AvgIpc) is 2.80. The Balaban J connectivity index is 1.62. The molecule has 0 unspecified atom stereocenters. The fourth-order valence-corrected chi connectivity index (χ4v) is 2.24. The number of carbonyl (C=O) groups is 2. The summed E-state index contributed by atoms with van der Waals surface area (Å²) >= 11 is 0. The van der Waals surface area contributed by atoms with Crippen LogP contribution in [-0.2, 0) is 4.79 Å². The van der Waals surface area contributed by atoms with Crippen LogP contribution < -0.4 is 26.4 Å². The minimum absolute atomic E-state index is 0.0933. The average molecular weight is 424 g/mol. The maximum absolute atomic E-state index is 12.1. The third-order valence-corrected chi connectivity index (χ3v) is 3.63. The fraction of sp³-hybridized carbons (Fsp3) is 0.0556. The Hall–Kier alpha value is -4.81. The highest BCUT2D eigenvalue weighted by Gasteiger charge is 2.24. The van der Waals surface area contributed by atoms with Crippen molar-refractivity contribution < 1.29 is 19.2 Å². The van der Waals surface area contributed by atoms with Crippen molar-refractivity contribution in [3.8, 4) is 5.75 Å². The summed E-state index contributed by atoms with van der Waals surface area (Å²) in [6.45, 7) is -0.332. The van der Waals surface area contributed by atoms with Gasteiger partial charge in [-0.2, -0.15) is 0 Å². The number of carbonyl (C=O) groups excluding carboxylic acids is 2. The van der Waals surface area contributed by atoms with Gasteiger partial charge in [-0.3, -0.25) is 46.4 Å². The molecule has 0 bridgehead atoms. The SMILES string of the molecule is O=C(COc1ccccc1)NNc1ncnc(NNC(=O)c2ccccn2)c1[N+](=O)[O-]. The molecule has 0 saturated carbocycles. The number of hydrogen-bond donors (Lipinski definition) is 4. The molecule has 0 fully saturated rings. The van der Waals surface area contributed by atoms with Crippen LogP contribution in [0.1, 0.15) is 10.5 Å². The van der Waals surface area contributed by atoms with Gasteiger partial charge in [0.2, 0.25) is 11.6 Å². The van der Waals surface area contributed by atoms with E-state index in [0.717, 1.165) is 6.33 Å². The van der Waals surface area contributed by atoms with Gasteiger partial charge in [-0.05, 0) is 24.3 Å². The zero-order valence-corrected chi connectivity index (χ0v) is 15.8. The van der Waals surface area contributed by atoms with Crippen molar-refractivity contribution in [2.45, 2.75) is 0 Å². The van der Waals surface area contributed by atoms with E-state index in [0.29, 0.717) is 5.75 Å². The topological polar surface area (TPSA) is 173 Å². The molecular weight excluding hydrogens is 408 g/mol. The number of nitrogens with one attached hydrogen (secondary N) is 4. The number of pyridine rings is 1. The first kappa shape index (κ1) is 20.9. The number of nitro groups is 1. The van der Waals surface area contributed by atoms with E-state index in [4.69, 9.17) is 4.74 Å². The van der Waals surface area contributed by atoms with Gasteiger partial charge in [-0.15, -0.1) is 0 Å². The van der Waals surface area contributed by atoms with Crippen molar-refractivity contribution in [3.05, 3.63) is 76.9 Å². The molecule has 0 saturated heterocycles. The zero-order chi connectivity index (χ0) is 22.1. The van der Waals surface area contributed by atoms with Gasteiger partial charge >= 0.3 is 5.69 Å². The number of anilines is 2. The summed E-state index contributed by atoms with van der Waals surface area (Å²) in [7, 11) is 0. The van der Waals surface area contributed by atoms with Gasteiger partial charge in [-0.1, -0.05) is 24.3 Å². The predicted molar refractivity (Wildman–Crippen MR) is 108 cm³/mol. The van der Waals surface area contributed by atoms with Gasteiger partial charge in [0.05, 0.1) is 4.92 Å². The van der Waals surface area contributed by atoms with Gasteiger partial charge in [0, 0.05) is 6.20 Å². The molecule has 3 aromatic rings. The van der Waals surface area contributed by atoms with Gasteiger partial charge in [-0.25, -0.2) is 9.97 Å². The van der Waals surface area contributed by atoms with Crippen molar-refractivity contribution in [2.75, 3.05) is 17.5 Å². The van der Waals surface area contributed by atoms with E-state index in [-0.39, 0.29) is 23.9 Å². The second kappa shape index (κ2) is 10.1. The van der Waals surface area contributed by atoms with Crippen LogP contribution in [0.4, 0.5) is 17.3 Å². The number of benzene rings is 1. The first-order valence-corrected chi connectivity index (χ1v) is 8.74. The van der Waals surface area contributed by atoms with Crippen molar-refractivity contribution in [1.82, 2.24) is 25.8 Å². The predicted octanol–water partition coefficient (Wildman–Crippen LogP) is 1.06. The molecule has 2 heterocycles. The normalized spacial score (nSPS) is 9.94. The van der Waals surface area contributed by atoms with Crippen LogP contribution in [-0.4, -0.2) is 38.3 Å². The summed E-state index contributed by atoms with van der Waals surface area (Å²) in [5.41, 5.74) is 8.71. The number of hydrazine groups is 2. The second-order valence-electron chi connectivity index (χ2n) is 5.75. The van der Waals surface area contributed by atoms with Crippen LogP contribution >= 0.6 is 0 Å². The lowest BCUT2D eigenvalue weighted by atomic mass is 10.3. The molecule has 0 spiro atoms. The summed E-state index contributed by atoms with van der Waals surface area (Å²) in [6.07, 6.45) is 2.44. The molecule has 2 aromatic heterocycles. The molecule has 0 aliphatic carbocycles. The number of rotatable bonds is 9. The Morgan fingerprint density at radius 1 is 0.935 bits per heavy atom. The quantitative estimate of drug-likeness (QED) is 0.287. The second-order valence-corrected chi connectivity index (χ2v) is 5.75. The van der Waals surface area contributed by atoms with Crippen LogP contribution in [0.3, 0.4) is 0 Å². The summed E-state index contributed by atoms with van der Waals surface area (Å²) < 4.78 is 5.28. The van der Waals surface area contributed by atoms with E-state index in [1.807, 2.05) is 0 Å². The Morgan fingerprint density at radius 3 is 2.26 bits per heavy atom. The van der Waals surface area contributed by atoms with Crippen LogP contribution in [0.15, 0.2) is 61.1 Å². The molecular formula is C18H16N8O5. The molecule has 0 aliphatic rings. The van der Waals surface area contributed by atoms with E-state index in [9.17, 15) is 19.7 Å². The standard InChI is InChI=1S/C18H16N8O5/c27-14(10-31-12-6-2-1-3-7-12)22-23-16-15(26(29)30)17(21-11-20-16)24-25-18(28)13-8-4-5-9-19-13/h1-9,11H,10H2,(H,22,27)(H,25,28)(H2,20,21,23,24). The molecule has 0 aliphatic heterocycles. The Kier molecular flexibility index (Phi) is 6.82. The highest BCUT2D eigenvalue weighted by Crippen LogP contribution is 2.27. The van der Waals surface area contributed by atoms with Crippen LogP contribution in [0.5, 0.6) is 5.75 Å². The molecule has 0 radical (unpaired) electrons. The minimum Gasteiger partial charge on any atom is -0.484 e. The maximum atomic E-state index is 12.1. The van der Waals surface area contributed by atoms with E-state index in [1.54, 1.807) is 42.5 Å². The Bertz CT molecular complexity index is 1070. The molecule has 4 N–H and O–H groups in total. The highest BCUT2D eigenvalue weighted by atomic mass is 16.6. The Morgan fingerprint density at radius 2 is 1.61 bits per heavy atom. The van der Waals surface area contributed by atoms with E-state index < -0.39 is 22.4 Å². The van der Waals surface area contributed by atoms with Crippen molar-refractivity contribution in [3.63, 3.8) is 0 Å². The molecule has 13 nitrogen and oxygen atoms in total. The third-order valence-electron chi connectivity index (χ3n) is 3.63. The molecule has 13 heteroatoms. The van der Waals surface area contributed by atoms with Gasteiger partial charge < -0.3 is 4.74 Å². The third kappa shape index (κ3) is 5.83. The van der Waals surface area contributed by atoms with Crippen molar-refractivity contribution in [1.29, 1.82) is 0 Å². The monoisotopic (exact) mass is 424 g/mol. The number of aromatic nitrogens is 3. The van der Waals surface area contributed by atoms with Gasteiger partial charge in [0.1, 0.15) is 17.8 Å². The van der Waals surface area contributed by atoms with Crippen LogP contribution in [0, 0.1) is 10.1 Å². The molecule has 1 aromatic carbocycles. The van der Waals surface area contributed by atoms with Crippen molar-refractivity contribution in [2.24, 2.45) is 0 Å². The smallest absolute Gasteiger partial charge is 0.356 e. The number of nitrogens with zero attached hydrogens (tertiary/aromatic N) is 4. The molecule has 31 heavy (non-hydrogen) atoms. The molecule has 158 valence electrons. The van der Waals surface area contributed by atoms with Crippen LogP contribution in [0.2, 0.25) is 0 Å². The van der Waals surface area contributed by atoms with E-state index in [1.165, 1.54) is 12.3 Å². The molecule has 0 atom stereocenters. The number of amides is 2. The fourth-order valence-electron chi connectivity index (χ4n) is 2.24. The summed E-state index contributed by atoms with van der Waals surface area (Å²) in [5, 5.41) is 11.5. The summed E-state index contributed by atoms with van der Waals surface area (Å²) in [5.74, 6) is -1.35. The molecule has 3 rings (SSSR count). The lowest BCUT2D eigenvalue weighted by Gasteiger charge is -2.11. The van der Waals surface area contributed by atoms with Crippen LogP contribution in [0.25, 0.3) is 0 Å². The van der Waals surface area contributed by atoms with Gasteiger partial charge in [0.25, 0.3) is 11.8 Å². The van der Waals surface area contributed by atoms with E-state index in [2.05, 4.69) is 36.7 Å². The summed E-state index contributed by atoms with van der Waals surface area (Å²) in [4.78, 5) is 46.1. The highest BCUT2D eigenvalue weighted by molar-refractivity contribution is 5.93. The van der Waals surface area contributed by atoms with Gasteiger partial charge in [0.15, 0.2) is 6.61 Å². The molecule has 2 amide bonds. The number of para-hydroxylation sites is 1. The summed E-state index contributed by atoms with van der Waals surface area (Å²) in [6, 6.07) is 13.4. The lowest BCUT2D eigenvalue weighted by molar-refractivity contribution is -0.383. The van der Waals surface area contributed by atoms with Crippen molar-refractivity contribution >= 4 is 29.1 Å². The van der Waals surface area contributed by atoms with E-state index >= 15 is 0 Å². The minimum atomic E-state index is -0.774. The lowest BCUT2D eigenvalue weighted by Crippen LogP contribution is -2.35. The zero-order valence-electron chi connectivity index (χ0n) is 15.8. The first-order valence-electron chi connectivity index (χ1n) is 8.74. The number of ether oxygens (including phenoxy) is 1. The first-order chi connectivity index (χ1) is 15.0. The Labute approximate surface area is 175 Å². The largest absolute Gasteiger partial charge is 0.484 e. The number of hydrogen-bond acceptors (Lipinski definition) is 10. The maximum Gasteiger partial charge on any atom is 0.356 e.